The van der Waals surface area contributed by atoms with Crippen molar-refractivity contribution in [3.63, 3.8) is 0 Å². The highest BCUT2D eigenvalue weighted by Gasteiger charge is 2.45. The van der Waals surface area contributed by atoms with Crippen molar-refractivity contribution in [1.82, 2.24) is 4.90 Å². The third-order valence-corrected chi connectivity index (χ3v) is 4.76. The van der Waals surface area contributed by atoms with Crippen molar-refractivity contribution in [2.45, 2.75) is 33.2 Å². The van der Waals surface area contributed by atoms with Crippen molar-refractivity contribution >= 4 is 23.4 Å². The van der Waals surface area contributed by atoms with E-state index in [-0.39, 0.29) is 11.3 Å². The number of likely N-dealkylation sites (tertiary alicyclic amines) is 1. The number of aliphatic hydroxyl groups excluding tert-OH is 1. The van der Waals surface area contributed by atoms with Gasteiger partial charge in [-0.3, -0.25) is 14.4 Å². The zero-order chi connectivity index (χ0) is 21.1. The van der Waals surface area contributed by atoms with E-state index in [9.17, 15) is 19.5 Å². The lowest BCUT2D eigenvalue weighted by molar-refractivity contribution is -0.139. The number of Topliss-reactive ketones (excluding diaryl/α,β-unsaturated/α-hetero) is 1. The van der Waals surface area contributed by atoms with Gasteiger partial charge in [-0.1, -0.05) is 48.9 Å². The number of benzene rings is 2. The van der Waals surface area contributed by atoms with Crippen LogP contribution in [0.4, 0.5) is 0 Å². The lowest BCUT2D eigenvalue weighted by Gasteiger charge is -2.25. The summed E-state index contributed by atoms with van der Waals surface area (Å²) < 4.78 is 5.15. The number of hydrogen-bond acceptors (Lipinski definition) is 5. The summed E-state index contributed by atoms with van der Waals surface area (Å²) in [5.41, 5.74) is 2.10. The van der Waals surface area contributed by atoms with E-state index in [0.29, 0.717) is 29.8 Å². The first kappa shape index (κ1) is 20.3. The minimum Gasteiger partial charge on any atom is -0.507 e. The van der Waals surface area contributed by atoms with Crippen LogP contribution in [0.15, 0.2) is 54.1 Å². The van der Waals surface area contributed by atoms with Gasteiger partial charge in [-0.05, 0) is 31.0 Å². The molecule has 6 nitrogen and oxygen atoms in total. The Morgan fingerprint density at radius 2 is 1.83 bits per heavy atom. The van der Waals surface area contributed by atoms with Crippen molar-refractivity contribution in [3.8, 4) is 5.75 Å². The summed E-state index contributed by atoms with van der Waals surface area (Å²) in [6.07, 6.45) is 0.651. The maximum absolute atomic E-state index is 12.8. The first-order valence-corrected chi connectivity index (χ1v) is 9.47. The Bertz CT molecular complexity index is 991. The molecule has 2 aromatic carbocycles. The van der Waals surface area contributed by atoms with Gasteiger partial charge in [-0.25, -0.2) is 0 Å². The predicted octanol–water partition coefficient (Wildman–Crippen LogP) is 3.75. The third-order valence-electron chi connectivity index (χ3n) is 4.76. The lowest BCUT2D eigenvalue weighted by atomic mass is 9.95. The summed E-state index contributed by atoms with van der Waals surface area (Å²) in [6, 6.07) is 13.0. The summed E-state index contributed by atoms with van der Waals surface area (Å²) >= 11 is 0. The van der Waals surface area contributed by atoms with Crippen LogP contribution in [-0.2, 0) is 14.4 Å². The fourth-order valence-electron chi connectivity index (χ4n) is 3.48. The van der Waals surface area contributed by atoms with Gasteiger partial charge in [0.1, 0.15) is 11.5 Å². The molecule has 1 heterocycles. The summed E-state index contributed by atoms with van der Waals surface area (Å²) in [5.74, 6) is -1.75. The van der Waals surface area contributed by atoms with Gasteiger partial charge >= 0.3 is 5.97 Å². The Labute approximate surface area is 169 Å². The molecule has 6 heteroatoms. The molecule has 1 N–H and O–H groups in total. The molecule has 1 fully saturated rings. The van der Waals surface area contributed by atoms with E-state index in [2.05, 4.69) is 0 Å². The van der Waals surface area contributed by atoms with Crippen LogP contribution in [0, 0.1) is 6.92 Å². The summed E-state index contributed by atoms with van der Waals surface area (Å²) in [4.78, 5) is 38.3. The Balaban J connectivity index is 2.16. The van der Waals surface area contributed by atoms with E-state index >= 15 is 0 Å². The maximum Gasteiger partial charge on any atom is 0.308 e. The molecule has 0 aliphatic carbocycles. The lowest BCUT2D eigenvalue weighted by Crippen LogP contribution is -2.30. The van der Waals surface area contributed by atoms with Crippen LogP contribution in [-0.4, -0.2) is 34.2 Å². The van der Waals surface area contributed by atoms with Gasteiger partial charge in [0, 0.05) is 19.0 Å². The number of hydrogen-bond donors (Lipinski definition) is 1. The largest absolute Gasteiger partial charge is 0.507 e. The van der Waals surface area contributed by atoms with E-state index in [1.165, 1.54) is 11.8 Å². The van der Waals surface area contributed by atoms with Gasteiger partial charge in [0.05, 0.1) is 11.6 Å². The molecule has 1 atom stereocenters. The molecule has 1 saturated heterocycles. The van der Waals surface area contributed by atoms with Crippen molar-refractivity contribution in [2.75, 3.05) is 6.54 Å². The second kappa shape index (κ2) is 8.31. The quantitative estimate of drug-likeness (QED) is 0.275. The smallest absolute Gasteiger partial charge is 0.308 e. The van der Waals surface area contributed by atoms with E-state index in [1.54, 1.807) is 36.4 Å². The fourth-order valence-corrected chi connectivity index (χ4v) is 3.48. The molecule has 1 amide bonds. The number of carbonyl (C=O) groups excluding carboxylic acids is 3. The number of aliphatic hydroxyl groups is 1. The average Bonchev–Trinajstić information content (AvgIpc) is 2.93. The van der Waals surface area contributed by atoms with Gasteiger partial charge in [0.25, 0.3) is 11.7 Å². The number of amides is 1. The van der Waals surface area contributed by atoms with Crippen LogP contribution < -0.4 is 4.74 Å². The molecular weight excluding hydrogens is 370 g/mol. The molecule has 0 aromatic heterocycles. The molecule has 3 rings (SSSR count). The first-order chi connectivity index (χ1) is 13.8. The van der Waals surface area contributed by atoms with E-state index in [0.717, 1.165) is 5.56 Å². The monoisotopic (exact) mass is 393 g/mol. The molecule has 150 valence electrons. The molecule has 1 aliphatic heterocycles. The van der Waals surface area contributed by atoms with Gasteiger partial charge in [-0.2, -0.15) is 0 Å². The number of nitrogens with zero attached hydrogens (tertiary/aromatic N) is 1. The topological polar surface area (TPSA) is 83.9 Å². The molecule has 0 spiro atoms. The van der Waals surface area contributed by atoms with Gasteiger partial charge in [0.15, 0.2) is 0 Å². The van der Waals surface area contributed by atoms with Crippen LogP contribution in [0.25, 0.3) is 5.76 Å². The number of carbonyl (C=O) groups is 3. The predicted molar refractivity (Wildman–Crippen MR) is 108 cm³/mol. The van der Waals surface area contributed by atoms with Crippen molar-refractivity contribution < 1.29 is 24.2 Å². The van der Waals surface area contributed by atoms with Crippen LogP contribution in [0.2, 0.25) is 0 Å². The highest BCUT2D eigenvalue weighted by Crippen LogP contribution is 2.40. The number of esters is 1. The normalized spacial score (nSPS) is 18.2. The second-order valence-corrected chi connectivity index (χ2v) is 7.02. The molecule has 0 bridgehead atoms. The van der Waals surface area contributed by atoms with Crippen LogP contribution in [0.5, 0.6) is 5.75 Å². The maximum atomic E-state index is 12.8. The summed E-state index contributed by atoms with van der Waals surface area (Å²) in [5, 5.41) is 10.9. The van der Waals surface area contributed by atoms with Crippen molar-refractivity contribution in [2.24, 2.45) is 0 Å². The van der Waals surface area contributed by atoms with E-state index < -0.39 is 23.7 Å². The Morgan fingerprint density at radius 1 is 1.14 bits per heavy atom. The fraction of sp³-hybridized carbons (Fsp3) is 0.261. The zero-order valence-electron chi connectivity index (χ0n) is 16.6. The van der Waals surface area contributed by atoms with Gasteiger partial charge in [-0.15, -0.1) is 0 Å². The highest BCUT2D eigenvalue weighted by atomic mass is 16.5. The molecule has 2 aromatic rings. The number of ketones is 1. The number of aryl methyl sites for hydroxylation is 1. The third kappa shape index (κ3) is 4.06. The SMILES string of the molecule is CCCN1C(=O)C(=O)/C(=C(\O)c2ccc(C)cc2)C1c1cccc(OC(C)=O)c1. The molecule has 0 saturated carbocycles. The van der Waals surface area contributed by atoms with Crippen molar-refractivity contribution in [1.29, 1.82) is 0 Å². The zero-order valence-corrected chi connectivity index (χ0v) is 16.6. The molecule has 29 heavy (non-hydrogen) atoms. The average molecular weight is 393 g/mol. The first-order valence-electron chi connectivity index (χ1n) is 9.47. The molecule has 1 unspecified atom stereocenters. The van der Waals surface area contributed by atoms with E-state index in [4.69, 9.17) is 4.74 Å². The minimum absolute atomic E-state index is 0.0345. The molecule has 1 aliphatic rings. The minimum atomic E-state index is -0.758. The van der Waals surface area contributed by atoms with Gasteiger partial charge < -0.3 is 14.7 Å². The van der Waals surface area contributed by atoms with Crippen LogP contribution in [0.3, 0.4) is 0 Å². The van der Waals surface area contributed by atoms with E-state index in [1.807, 2.05) is 26.0 Å². The molecular formula is C23H23NO5. The number of ether oxygens (including phenoxy) is 1. The summed E-state index contributed by atoms with van der Waals surface area (Å²) in [6.45, 7) is 5.49. The Hall–Kier alpha value is -3.41. The second-order valence-electron chi connectivity index (χ2n) is 7.02. The highest BCUT2D eigenvalue weighted by molar-refractivity contribution is 6.46. The number of rotatable bonds is 5. The van der Waals surface area contributed by atoms with Crippen LogP contribution in [0.1, 0.15) is 43.0 Å². The Kier molecular flexibility index (Phi) is 5.82. The van der Waals surface area contributed by atoms with Gasteiger partial charge in [0.2, 0.25) is 0 Å². The Morgan fingerprint density at radius 3 is 2.45 bits per heavy atom. The standard InChI is InChI=1S/C23H23NO5/c1-4-12-24-20(17-6-5-7-18(13-17)29-15(3)25)19(22(27)23(24)28)21(26)16-10-8-14(2)9-11-16/h5-11,13,20,26H,4,12H2,1-3H3/b21-19-. The van der Waals surface area contributed by atoms with Crippen molar-refractivity contribution in [3.05, 3.63) is 70.8 Å². The molecule has 0 radical (unpaired) electrons. The van der Waals surface area contributed by atoms with Crippen LogP contribution >= 0.6 is 0 Å². The summed E-state index contributed by atoms with van der Waals surface area (Å²) in [7, 11) is 0.